The molecule has 3 nitrogen and oxygen atoms in total. The van der Waals surface area contributed by atoms with Crippen LogP contribution in [-0.4, -0.2) is 56.2 Å². The normalized spacial score (nSPS) is 17.6. The molecular weight excluding hydrogens is 368 g/mol. The number of unbranched alkanes of at least 4 members (excludes halogenated alkanes) is 1. The van der Waals surface area contributed by atoms with Gasteiger partial charge in [0, 0.05) is 31.6 Å². The first-order chi connectivity index (χ1) is 14.4. The van der Waals surface area contributed by atoms with Crippen LogP contribution in [-0.2, 0) is 0 Å². The third-order valence-corrected chi connectivity index (χ3v) is 5.97. The number of piperazine rings is 1. The molecule has 166 valence electrons. The van der Waals surface area contributed by atoms with E-state index in [1.807, 2.05) is 0 Å². The Kier molecular flexibility index (Phi) is 10.4. The summed E-state index contributed by atoms with van der Waals surface area (Å²) in [5, 5.41) is 0. The van der Waals surface area contributed by atoms with Crippen LogP contribution in [0.25, 0.3) is 6.08 Å². The highest BCUT2D eigenvalue weighted by atomic mass is 16.5. The van der Waals surface area contributed by atoms with E-state index >= 15 is 0 Å². The summed E-state index contributed by atoms with van der Waals surface area (Å²) in [4.78, 5) is 4.97. The Bertz CT molecular complexity index is 679. The Hall–Kier alpha value is -1.84. The van der Waals surface area contributed by atoms with E-state index in [9.17, 15) is 0 Å². The fourth-order valence-corrected chi connectivity index (χ4v) is 3.59. The van der Waals surface area contributed by atoms with Crippen LogP contribution in [0, 0.1) is 5.41 Å². The van der Waals surface area contributed by atoms with Crippen molar-refractivity contribution in [2.24, 2.45) is 5.41 Å². The number of hydrogen-bond acceptors (Lipinski definition) is 3. The zero-order chi connectivity index (χ0) is 21.8. The fraction of sp³-hybridized carbons (Fsp3) is 0.556. The molecule has 1 aromatic rings. The van der Waals surface area contributed by atoms with Crippen molar-refractivity contribution in [3.05, 3.63) is 60.2 Å². The first kappa shape index (κ1) is 24.4. The summed E-state index contributed by atoms with van der Waals surface area (Å²) in [5.41, 5.74) is 2.60. The number of likely N-dealkylation sites (N-methyl/N-ethyl adjacent to an activating group) is 1. The van der Waals surface area contributed by atoms with Crippen molar-refractivity contribution in [1.29, 1.82) is 0 Å². The van der Waals surface area contributed by atoms with E-state index in [0.717, 1.165) is 31.6 Å². The molecule has 1 atom stereocenters. The Morgan fingerprint density at radius 3 is 2.43 bits per heavy atom. The van der Waals surface area contributed by atoms with Crippen LogP contribution in [0.15, 0.2) is 54.6 Å². The molecule has 0 N–H and O–H groups in total. The number of ether oxygens (including phenoxy) is 1. The zero-order valence-electron chi connectivity index (χ0n) is 19.7. The molecule has 1 saturated heterocycles. The van der Waals surface area contributed by atoms with Gasteiger partial charge in [0.1, 0.15) is 5.75 Å². The van der Waals surface area contributed by atoms with Gasteiger partial charge >= 0.3 is 0 Å². The minimum atomic E-state index is 0.0187. The molecule has 1 aromatic carbocycles. The Morgan fingerprint density at radius 2 is 1.80 bits per heavy atom. The van der Waals surface area contributed by atoms with E-state index in [1.54, 1.807) is 0 Å². The van der Waals surface area contributed by atoms with E-state index in [-0.39, 0.29) is 5.41 Å². The minimum Gasteiger partial charge on any atom is -0.494 e. The molecule has 1 aliphatic heterocycles. The summed E-state index contributed by atoms with van der Waals surface area (Å²) in [6.45, 7) is 17.4. The molecule has 0 saturated carbocycles. The first-order valence-corrected chi connectivity index (χ1v) is 11.5. The van der Waals surface area contributed by atoms with Gasteiger partial charge in [-0.15, -0.1) is 6.58 Å². The first-order valence-electron chi connectivity index (χ1n) is 11.5. The van der Waals surface area contributed by atoms with Crippen molar-refractivity contribution in [1.82, 2.24) is 9.80 Å². The van der Waals surface area contributed by atoms with Gasteiger partial charge in [-0.25, -0.2) is 0 Å². The Balaban J connectivity index is 1.70. The van der Waals surface area contributed by atoms with Gasteiger partial charge in [0.05, 0.1) is 6.61 Å². The molecule has 1 unspecified atom stereocenters. The van der Waals surface area contributed by atoms with Crippen LogP contribution in [0.5, 0.6) is 5.75 Å². The number of nitrogens with zero attached hydrogens (tertiary/aromatic N) is 2. The molecule has 1 fully saturated rings. The van der Waals surface area contributed by atoms with Gasteiger partial charge in [-0.05, 0) is 70.8 Å². The quantitative estimate of drug-likeness (QED) is 0.308. The Morgan fingerprint density at radius 1 is 1.10 bits per heavy atom. The van der Waals surface area contributed by atoms with Crippen molar-refractivity contribution in [2.75, 3.05) is 46.4 Å². The van der Waals surface area contributed by atoms with Gasteiger partial charge in [-0.3, -0.25) is 0 Å². The van der Waals surface area contributed by atoms with Gasteiger partial charge < -0.3 is 14.5 Å². The third-order valence-electron chi connectivity index (χ3n) is 5.97. The average molecular weight is 411 g/mol. The lowest BCUT2D eigenvalue weighted by Gasteiger charge is -2.32. The highest BCUT2D eigenvalue weighted by Gasteiger charge is 2.15. The lowest BCUT2D eigenvalue weighted by molar-refractivity contribution is 0.150. The molecule has 30 heavy (non-hydrogen) atoms. The lowest BCUT2D eigenvalue weighted by Crippen LogP contribution is -2.44. The molecular formula is C27H42N2O. The second-order valence-electron chi connectivity index (χ2n) is 9.13. The lowest BCUT2D eigenvalue weighted by atomic mass is 9.84. The van der Waals surface area contributed by atoms with Crippen molar-refractivity contribution in [3.63, 3.8) is 0 Å². The molecule has 0 bridgehead atoms. The summed E-state index contributed by atoms with van der Waals surface area (Å²) in [5.74, 6) is 0.960. The number of hydrogen-bond donors (Lipinski definition) is 0. The zero-order valence-corrected chi connectivity index (χ0v) is 19.7. The van der Waals surface area contributed by atoms with Crippen LogP contribution < -0.4 is 4.74 Å². The van der Waals surface area contributed by atoms with Crippen molar-refractivity contribution in [3.8, 4) is 5.75 Å². The highest BCUT2D eigenvalue weighted by Crippen LogP contribution is 2.28. The predicted octanol–water partition coefficient (Wildman–Crippen LogP) is 6.04. The van der Waals surface area contributed by atoms with Crippen molar-refractivity contribution < 1.29 is 4.74 Å². The topological polar surface area (TPSA) is 15.7 Å². The van der Waals surface area contributed by atoms with Crippen LogP contribution in [0.3, 0.4) is 0 Å². The predicted molar refractivity (Wildman–Crippen MR) is 131 cm³/mol. The maximum absolute atomic E-state index is 5.94. The molecule has 1 heterocycles. The number of rotatable bonds is 12. The summed E-state index contributed by atoms with van der Waals surface area (Å²) in [7, 11) is 2.20. The van der Waals surface area contributed by atoms with Crippen LogP contribution in [0.2, 0.25) is 0 Å². The van der Waals surface area contributed by atoms with Crippen molar-refractivity contribution >= 4 is 6.08 Å². The molecule has 1 aliphatic rings. The van der Waals surface area contributed by atoms with Crippen LogP contribution in [0.4, 0.5) is 0 Å². The van der Waals surface area contributed by atoms with E-state index in [4.69, 9.17) is 4.74 Å². The highest BCUT2D eigenvalue weighted by molar-refractivity contribution is 5.52. The van der Waals surface area contributed by atoms with Gasteiger partial charge in [0.2, 0.25) is 0 Å². The standard InChI is InChI=1S/C27H42N2O/c1-6-27(4,16-9-10-24(2)3)17-15-25-11-13-26(14-12-25)30-23-8-7-18-29-21-19-28(5)20-22-29/h6,10-15,17H,1,7-9,16,18-23H2,2-5H3/b17-15+. The smallest absolute Gasteiger partial charge is 0.119 e. The number of allylic oxidation sites excluding steroid dienone is 4. The SMILES string of the molecule is C=CC(C)(/C=C/c1ccc(OCCCCN2CCN(C)CC2)cc1)CCC=C(C)C. The fourth-order valence-electron chi connectivity index (χ4n) is 3.59. The van der Waals surface area contributed by atoms with E-state index < -0.39 is 0 Å². The van der Waals surface area contributed by atoms with E-state index in [2.05, 4.69) is 92.8 Å². The van der Waals surface area contributed by atoms with Crippen molar-refractivity contribution in [2.45, 2.75) is 46.5 Å². The largest absolute Gasteiger partial charge is 0.494 e. The molecule has 0 radical (unpaired) electrons. The summed E-state index contributed by atoms with van der Waals surface area (Å²) in [6, 6.07) is 8.43. The Labute approximate surface area is 185 Å². The van der Waals surface area contributed by atoms with Gasteiger partial charge in [0.25, 0.3) is 0 Å². The third kappa shape index (κ3) is 9.32. The number of benzene rings is 1. The van der Waals surface area contributed by atoms with E-state index in [0.29, 0.717) is 0 Å². The molecule has 0 aliphatic carbocycles. The maximum atomic E-state index is 5.94. The second kappa shape index (κ2) is 12.8. The molecule has 0 amide bonds. The monoisotopic (exact) mass is 410 g/mol. The maximum Gasteiger partial charge on any atom is 0.119 e. The average Bonchev–Trinajstić information content (AvgIpc) is 2.74. The molecule has 3 heteroatoms. The van der Waals surface area contributed by atoms with Gasteiger partial charge in [0.15, 0.2) is 0 Å². The second-order valence-corrected chi connectivity index (χ2v) is 9.13. The summed E-state index contributed by atoms with van der Waals surface area (Å²) >= 11 is 0. The van der Waals surface area contributed by atoms with Gasteiger partial charge in [-0.1, -0.05) is 48.9 Å². The summed E-state index contributed by atoms with van der Waals surface area (Å²) < 4.78 is 5.94. The molecule has 0 aromatic heterocycles. The van der Waals surface area contributed by atoms with E-state index in [1.165, 1.54) is 50.3 Å². The molecule has 2 rings (SSSR count). The summed E-state index contributed by atoms with van der Waals surface area (Å²) in [6.07, 6.45) is 13.3. The van der Waals surface area contributed by atoms with Crippen LogP contribution >= 0.6 is 0 Å². The minimum absolute atomic E-state index is 0.0187. The molecule has 0 spiro atoms. The van der Waals surface area contributed by atoms with Crippen LogP contribution in [0.1, 0.15) is 52.0 Å². The van der Waals surface area contributed by atoms with Gasteiger partial charge in [-0.2, -0.15) is 0 Å².